The van der Waals surface area contributed by atoms with Gasteiger partial charge in [-0.05, 0) is 113 Å². The van der Waals surface area contributed by atoms with Gasteiger partial charge in [-0.25, -0.2) is 0 Å². The van der Waals surface area contributed by atoms with E-state index in [2.05, 4.69) is 167 Å². The van der Waals surface area contributed by atoms with Gasteiger partial charge in [0.25, 0.3) is 0 Å². The number of fused-ring (bicyclic) bond motifs is 2. The first-order valence-electron chi connectivity index (χ1n) is 20.0. The average molecular weight is 751 g/mol. The Morgan fingerprint density at radius 3 is 0.907 bits per heavy atom. The van der Waals surface area contributed by atoms with Crippen LogP contribution in [0.5, 0.6) is 11.5 Å². The molecule has 0 unspecified atom stereocenters. The van der Waals surface area contributed by atoms with Gasteiger partial charge in [0, 0.05) is 11.1 Å². The van der Waals surface area contributed by atoms with Crippen LogP contribution in [0.15, 0.2) is 84.9 Å². The summed E-state index contributed by atoms with van der Waals surface area (Å²) in [6, 6.07) is 30.6. The van der Waals surface area contributed by atoms with Crippen LogP contribution in [0.3, 0.4) is 0 Å². The van der Waals surface area contributed by atoms with Crippen LogP contribution in [0.25, 0.3) is 43.8 Å². The van der Waals surface area contributed by atoms with Crippen LogP contribution in [-0.2, 0) is 0 Å². The fourth-order valence-electron chi connectivity index (χ4n) is 9.63. The molecule has 54 heavy (non-hydrogen) atoms. The Kier molecular flexibility index (Phi) is 12.6. The van der Waals surface area contributed by atoms with E-state index in [-0.39, 0.29) is 0 Å². The number of hydrogen-bond donors (Lipinski definition) is 0. The second kappa shape index (κ2) is 16.6. The molecule has 282 valence electrons. The Morgan fingerprint density at radius 2 is 0.648 bits per heavy atom. The van der Waals surface area contributed by atoms with E-state index in [1.165, 1.54) is 21.5 Å². The maximum Gasteiger partial charge on any atom is 0.146 e. The van der Waals surface area contributed by atoms with Crippen molar-refractivity contribution in [3.63, 3.8) is 0 Å². The molecule has 0 radical (unpaired) electrons. The Hall–Kier alpha value is -4.23. The van der Waals surface area contributed by atoms with Crippen LogP contribution in [0.4, 0.5) is 0 Å². The molecule has 5 rings (SSSR count). The van der Waals surface area contributed by atoms with Gasteiger partial charge < -0.3 is 9.47 Å². The van der Waals surface area contributed by atoms with E-state index in [4.69, 9.17) is 9.47 Å². The zero-order valence-electron chi connectivity index (χ0n) is 35.4. The maximum absolute atomic E-state index is 5.50. The molecule has 0 aliphatic rings. The van der Waals surface area contributed by atoms with Crippen molar-refractivity contribution in [2.75, 3.05) is 14.2 Å². The van der Waals surface area contributed by atoms with Crippen molar-refractivity contribution in [1.29, 1.82) is 0 Å². The van der Waals surface area contributed by atoms with Crippen LogP contribution in [0.2, 0.25) is 33.2 Å². The molecule has 4 heteroatoms. The Balaban J connectivity index is 1.97. The normalized spacial score (nSPS) is 12.2. The zero-order valence-corrected chi connectivity index (χ0v) is 37.4. The van der Waals surface area contributed by atoms with Gasteiger partial charge in [-0.2, -0.15) is 0 Å². The third kappa shape index (κ3) is 7.54. The Bertz CT molecular complexity index is 2010. The molecule has 0 aliphatic heterocycles. The number of rotatable bonds is 10. The van der Waals surface area contributed by atoms with Gasteiger partial charge in [0.05, 0.1) is 14.2 Å². The van der Waals surface area contributed by atoms with Gasteiger partial charge in [-0.1, -0.05) is 143 Å². The van der Waals surface area contributed by atoms with Gasteiger partial charge in [0.1, 0.15) is 27.6 Å². The molecule has 0 amide bonds. The third-order valence-corrected chi connectivity index (χ3v) is 25.1. The second-order valence-corrected chi connectivity index (χ2v) is 28.2. The van der Waals surface area contributed by atoms with Gasteiger partial charge in [-0.15, -0.1) is 11.1 Å². The molecule has 0 aromatic heterocycles. The fraction of sp³-hybridized carbons (Fsp3) is 0.400. The number of methoxy groups -OCH3 is 2. The molecule has 2 nitrogen and oxygen atoms in total. The van der Waals surface area contributed by atoms with E-state index in [0.29, 0.717) is 33.2 Å². The molecular formula is C50H62O2Si2. The molecular weight excluding hydrogens is 689 g/mol. The molecule has 0 atom stereocenters. The van der Waals surface area contributed by atoms with Gasteiger partial charge in [-0.3, -0.25) is 0 Å². The standard InChI is InChI=1S/C50H62O2Si2/c1-33(2)53(34(3)4,35(5)6)29-27-47-45-25-19-42(40-17-23-44(52-14)24-18-40)32-50(45)48(28-30-54(36(7)8,37(9)10)38(11)12)46-26-20-41(31-49(46)47)39-15-21-43(51-13)22-16-39/h15-26,31-38H,1-14H3. The monoisotopic (exact) mass is 750 g/mol. The van der Waals surface area contributed by atoms with E-state index in [9.17, 15) is 0 Å². The molecule has 0 N–H and O–H groups in total. The summed E-state index contributed by atoms with van der Waals surface area (Å²) >= 11 is 0. The zero-order chi connectivity index (χ0) is 39.5. The minimum atomic E-state index is -2.05. The van der Waals surface area contributed by atoms with Crippen LogP contribution < -0.4 is 9.47 Å². The molecule has 0 heterocycles. The van der Waals surface area contributed by atoms with Crippen LogP contribution in [0.1, 0.15) is 94.2 Å². The highest BCUT2D eigenvalue weighted by molar-refractivity contribution is 6.91. The first-order valence-corrected chi connectivity index (χ1v) is 24.5. The molecule has 0 saturated heterocycles. The Labute approximate surface area is 329 Å². The fourth-order valence-corrected chi connectivity index (χ4v) is 20.0. The lowest BCUT2D eigenvalue weighted by atomic mass is 9.88. The van der Waals surface area contributed by atoms with E-state index in [1.807, 2.05) is 24.3 Å². The minimum Gasteiger partial charge on any atom is -0.497 e. The van der Waals surface area contributed by atoms with Crippen molar-refractivity contribution in [1.82, 2.24) is 0 Å². The highest BCUT2D eigenvalue weighted by Gasteiger charge is 2.43. The van der Waals surface area contributed by atoms with Crippen molar-refractivity contribution < 1.29 is 9.47 Å². The number of hydrogen-bond acceptors (Lipinski definition) is 2. The Morgan fingerprint density at radius 1 is 0.370 bits per heavy atom. The second-order valence-electron chi connectivity index (χ2n) is 17.0. The summed E-state index contributed by atoms with van der Waals surface area (Å²) in [5.41, 5.74) is 18.3. The van der Waals surface area contributed by atoms with Crippen LogP contribution in [0, 0.1) is 22.9 Å². The van der Waals surface area contributed by atoms with Crippen molar-refractivity contribution in [3.05, 3.63) is 96.1 Å². The van der Waals surface area contributed by atoms with E-state index < -0.39 is 16.1 Å². The van der Waals surface area contributed by atoms with Crippen LogP contribution in [-0.4, -0.2) is 30.4 Å². The van der Waals surface area contributed by atoms with E-state index in [1.54, 1.807) is 14.2 Å². The molecule has 5 aromatic carbocycles. The molecule has 5 aromatic rings. The molecule has 0 spiro atoms. The lowest BCUT2D eigenvalue weighted by molar-refractivity contribution is 0.415. The van der Waals surface area contributed by atoms with Gasteiger partial charge >= 0.3 is 0 Å². The SMILES string of the molecule is COc1ccc(-c2ccc3c(C#C[Si](C(C)C)(C(C)C)C(C)C)c4cc(-c5ccc(OC)cc5)ccc4c(C#C[Si](C(C)C)(C(C)C)C(C)C)c3c2)cc1. The summed E-state index contributed by atoms with van der Waals surface area (Å²) in [5.74, 6) is 9.66. The summed E-state index contributed by atoms with van der Waals surface area (Å²) < 4.78 is 11.0. The third-order valence-electron chi connectivity index (χ3n) is 12.5. The molecule has 0 bridgehead atoms. The smallest absolute Gasteiger partial charge is 0.146 e. The van der Waals surface area contributed by atoms with E-state index in [0.717, 1.165) is 44.9 Å². The summed E-state index contributed by atoms with van der Waals surface area (Å²) in [4.78, 5) is 0. The van der Waals surface area contributed by atoms with Gasteiger partial charge in [0.2, 0.25) is 0 Å². The summed E-state index contributed by atoms with van der Waals surface area (Å²) in [6.45, 7) is 28.8. The molecule has 0 fully saturated rings. The molecule has 0 saturated carbocycles. The predicted molar refractivity (Wildman–Crippen MR) is 241 cm³/mol. The van der Waals surface area contributed by atoms with E-state index >= 15 is 0 Å². The number of benzene rings is 5. The summed E-state index contributed by atoms with van der Waals surface area (Å²) in [7, 11) is -0.661. The lowest BCUT2D eigenvalue weighted by Crippen LogP contribution is -2.43. The minimum absolute atomic E-state index is 0.533. The number of ether oxygens (including phenoxy) is 2. The van der Waals surface area contributed by atoms with Crippen molar-refractivity contribution in [3.8, 4) is 56.7 Å². The van der Waals surface area contributed by atoms with Crippen LogP contribution >= 0.6 is 0 Å². The largest absolute Gasteiger partial charge is 0.497 e. The van der Waals surface area contributed by atoms with Gasteiger partial charge in [0.15, 0.2) is 0 Å². The average Bonchev–Trinajstić information content (AvgIpc) is 3.14. The molecule has 0 aliphatic carbocycles. The summed E-state index contributed by atoms with van der Waals surface area (Å²) in [6.07, 6.45) is 0. The van der Waals surface area contributed by atoms with Crippen molar-refractivity contribution >= 4 is 37.7 Å². The quantitative estimate of drug-likeness (QED) is 0.0804. The van der Waals surface area contributed by atoms with Crippen molar-refractivity contribution in [2.45, 2.75) is 116 Å². The first kappa shape index (κ1) is 40.9. The highest BCUT2D eigenvalue weighted by atomic mass is 28.3. The van der Waals surface area contributed by atoms with Crippen molar-refractivity contribution in [2.24, 2.45) is 0 Å². The topological polar surface area (TPSA) is 18.5 Å². The predicted octanol–water partition coefficient (Wildman–Crippen LogP) is 14.5. The first-order chi connectivity index (χ1) is 25.6. The lowest BCUT2D eigenvalue weighted by Gasteiger charge is -2.38. The summed E-state index contributed by atoms with van der Waals surface area (Å²) in [5, 5.41) is 4.70. The maximum atomic E-state index is 5.50. The highest BCUT2D eigenvalue weighted by Crippen LogP contribution is 2.44.